The molecular formula is C12H22ClNSi2. The number of halogens is 1. The molecule has 0 aromatic heterocycles. The van der Waals surface area contributed by atoms with Gasteiger partial charge in [-0.25, -0.2) is 0 Å². The van der Waals surface area contributed by atoms with Crippen LogP contribution in [0, 0.1) is 0 Å². The standard InChI is InChI=1S/C12H22ClNSi2/c1-14(2)11-7-9-12(10-8-11)15(3,4)16(5,6)13/h7-10H,1-6H3. The van der Waals surface area contributed by atoms with Gasteiger partial charge in [0.25, 0.3) is 0 Å². The predicted octanol–water partition coefficient (Wildman–Crippen LogP) is 3.19. The second kappa shape index (κ2) is 4.55. The lowest BCUT2D eigenvalue weighted by Gasteiger charge is -2.33. The van der Waals surface area contributed by atoms with E-state index in [1.165, 1.54) is 10.9 Å². The van der Waals surface area contributed by atoms with Gasteiger partial charge in [-0.2, -0.15) is 11.1 Å². The molecule has 0 N–H and O–H groups in total. The van der Waals surface area contributed by atoms with E-state index in [1.807, 2.05) is 0 Å². The molecule has 0 saturated heterocycles. The zero-order chi connectivity index (χ0) is 12.6. The average Bonchev–Trinajstić information content (AvgIpc) is 2.16. The Bertz CT molecular complexity index is 352. The maximum absolute atomic E-state index is 6.65. The molecule has 0 aliphatic rings. The zero-order valence-corrected chi connectivity index (χ0v) is 13.9. The van der Waals surface area contributed by atoms with Crippen LogP contribution in [-0.4, -0.2) is 28.6 Å². The lowest BCUT2D eigenvalue weighted by Crippen LogP contribution is -2.59. The van der Waals surface area contributed by atoms with Crippen molar-refractivity contribution in [3.63, 3.8) is 0 Å². The average molecular weight is 272 g/mol. The third-order valence-corrected chi connectivity index (χ3v) is 22.4. The van der Waals surface area contributed by atoms with E-state index in [2.05, 4.69) is 69.4 Å². The van der Waals surface area contributed by atoms with Crippen molar-refractivity contribution in [2.45, 2.75) is 26.2 Å². The summed E-state index contributed by atoms with van der Waals surface area (Å²) < 4.78 is 0. The van der Waals surface area contributed by atoms with Crippen LogP contribution in [0.1, 0.15) is 0 Å². The molecule has 0 atom stereocenters. The number of hydrogen-bond donors (Lipinski definition) is 0. The number of hydrogen-bond acceptors (Lipinski definition) is 1. The molecule has 1 aromatic rings. The van der Waals surface area contributed by atoms with Gasteiger partial charge in [0.05, 0.1) is 7.59 Å². The van der Waals surface area contributed by atoms with Gasteiger partial charge in [0.15, 0.2) is 0 Å². The highest BCUT2D eigenvalue weighted by molar-refractivity contribution is 7.61. The molecule has 0 spiro atoms. The minimum absolute atomic E-state index is 1.25. The normalized spacial score (nSPS) is 12.7. The Morgan fingerprint density at radius 2 is 1.38 bits per heavy atom. The minimum Gasteiger partial charge on any atom is -0.378 e. The molecule has 0 saturated carbocycles. The summed E-state index contributed by atoms with van der Waals surface area (Å²) in [6, 6.07) is 8.92. The quantitative estimate of drug-likeness (QED) is 0.603. The summed E-state index contributed by atoms with van der Waals surface area (Å²) >= 11 is 6.65. The molecule has 16 heavy (non-hydrogen) atoms. The summed E-state index contributed by atoms with van der Waals surface area (Å²) in [7, 11) is 2.68. The molecule has 4 heteroatoms. The third kappa shape index (κ3) is 2.70. The molecule has 0 amide bonds. The van der Waals surface area contributed by atoms with Crippen LogP contribution >= 0.6 is 11.1 Å². The van der Waals surface area contributed by atoms with Gasteiger partial charge in [-0.3, -0.25) is 0 Å². The molecule has 90 valence electrons. The highest BCUT2D eigenvalue weighted by Crippen LogP contribution is 2.23. The van der Waals surface area contributed by atoms with Crippen molar-refractivity contribution in [1.82, 2.24) is 0 Å². The molecule has 1 rings (SSSR count). The van der Waals surface area contributed by atoms with Crippen LogP contribution in [0.4, 0.5) is 5.69 Å². The van der Waals surface area contributed by atoms with Crippen LogP contribution in [0.5, 0.6) is 0 Å². The fraction of sp³-hybridized carbons (Fsp3) is 0.500. The molecule has 0 fully saturated rings. The first-order chi connectivity index (χ1) is 7.16. The summed E-state index contributed by atoms with van der Waals surface area (Å²) in [4.78, 5) is 2.13. The first-order valence-corrected chi connectivity index (χ1v) is 13.6. The van der Waals surface area contributed by atoms with Crippen molar-refractivity contribution in [1.29, 1.82) is 0 Å². The summed E-state index contributed by atoms with van der Waals surface area (Å²) in [5, 5.41) is 1.48. The van der Waals surface area contributed by atoms with Crippen LogP contribution in [0.25, 0.3) is 0 Å². The van der Waals surface area contributed by atoms with Gasteiger partial charge >= 0.3 is 0 Å². The second-order valence-electron chi connectivity index (χ2n) is 5.54. The van der Waals surface area contributed by atoms with E-state index in [9.17, 15) is 0 Å². The van der Waals surface area contributed by atoms with Gasteiger partial charge < -0.3 is 4.90 Å². The summed E-state index contributed by atoms with van der Waals surface area (Å²) in [6.45, 7) is 7.73. The van der Waals surface area contributed by atoms with Gasteiger partial charge in [-0.15, -0.1) is 0 Å². The second-order valence-corrected chi connectivity index (χ2v) is 23.6. The Kier molecular flexibility index (Phi) is 3.93. The van der Waals surface area contributed by atoms with E-state index in [4.69, 9.17) is 11.1 Å². The first-order valence-electron chi connectivity index (χ1n) is 5.63. The first kappa shape index (κ1) is 13.8. The van der Waals surface area contributed by atoms with Crippen molar-refractivity contribution in [2.24, 2.45) is 0 Å². The van der Waals surface area contributed by atoms with Crippen molar-refractivity contribution in [3.05, 3.63) is 24.3 Å². The highest BCUT2D eigenvalue weighted by Gasteiger charge is 2.41. The van der Waals surface area contributed by atoms with Crippen LogP contribution in [0.15, 0.2) is 24.3 Å². The van der Waals surface area contributed by atoms with Gasteiger partial charge in [-0.05, 0) is 12.1 Å². The molecular weight excluding hydrogens is 250 g/mol. The van der Waals surface area contributed by atoms with Crippen molar-refractivity contribution < 1.29 is 0 Å². The van der Waals surface area contributed by atoms with E-state index in [0.717, 1.165) is 0 Å². The number of benzene rings is 1. The van der Waals surface area contributed by atoms with Gasteiger partial charge in [0.2, 0.25) is 0 Å². The van der Waals surface area contributed by atoms with E-state index in [0.29, 0.717) is 0 Å². The van der Waals surface area contributed by atoms with Crippen LogP contribution in [0.3, 0.4) is 0 Å². The molecule has 0 radical (unpaired) electrons. The Balaban J connectivity index is 3.07. The van der Waals surface area contributed by atoms with Crippen molar-refractivity contribution >= 4 is 36.4 Å². The fourth-order valence-corrected chi connectivity index (χ4v) is 6.75. The Labute approximate surface area is 106 Å². The molecule has 1 aromatic carbocycles. The number of rotatable bonds is 3. The van der Waals surface area contributed by atoms with Crippen LogP contribution in [-0.2, 0) is 0 Å². The zero-order valence-electron chi connectivity index (χ0n) is 11.1. The molecule has 0 unspecified atom stereocenters. The lowest BCUT2D eigenvalue weighted by atomic mass is 10.3. The summed E-state index contributed by atoms with van der Waals surface area (Å²) in [6.07, 6.45) is 0. The summed E-state index contributed by atoms with van der Waals surface area (Å²) in [5.74, 6) is 0. The van der Waals surface area contributed by atoms with E-state index < -0.39 is 14.5 Å². The predicted molar refractivity (Wildman–Crippen MR) is 81.2 cm³/mol. The monoisotopic (exact) mass is 271 g/mol. The van der Waals surface area contributed by atoms with Gasteiger partial charge in [0, 0.05) is 19.8 Å². The van der Waals surface area contributed by atoms with Crippen LogP contribution < -0.4 is 10.1 Å². The minimum atomic E-state index is -1.57. The topological polar surface area (TPSA) is 3.24 Å². The molecule has 0 aliphatic carbocycles. The van der Waals surface area contributed by atoms with Crippen LogP contribution in [0.2, 0.25) is 26.2 Å². The SMILES string of the molecule is CN(C)c1ccc([Si](C)(C)[Si](C)(C)Cl)cc1. The molecule has 0 aliphatic heterocycles. The smallest absolute Gasteiger partial charge is 0.146 e. The molecule has 0 heterocycles. The number of nitrogens with zero attached hydrogens (tertiary/aromatic N) is 1. The van der Waals surface area contributed by atoms with Gasteiger partial charge in [-0.1, -0.05) is 43.5 Å². The van der Waals surface area contributed by atoms with Crippen molar-refractivity contribution in [3.8, 4) is 0 Å². The summed E-state index contributed by atoms with van der Waals surface area (Å²) in [5.41, 5.74) is 1.25. The number of anilines is 1. The maximum atomic E-state index is 6.65. The third-order valence-electron chi connectivity index (χ3n) is 3.59. The maximum Gasteiger partial charge on any atom is 0.146 e. The molecule has 1 nitrogen and oxygen atoms in total. The Morgan fingerprint density at radius 1 is 0.938 bits per heavy atom. The van der Waals surface area contributed by atoms with E-state index >= 15 is 0 Å². The van der Waals surface area contributed by atoms with Gasteiger partial charge in [0.1, 0.15) is 6.90 Å². The molecule has 0 bridgehead atoms. The largest absolute Gasteiger partial charge is 0.378 e. The van der Waals surface area contributed by atoms with E-state index in [1.54, 1.807) is 0 Å². The lowest BCUT2D eigenvalue weighted by molar-refractivity contribution is 1.13. The Hall–Kier alpha value is -0.256. The van der Waals surface area contributed by atoms with Crippen molar-refractivity contribution in [2.75, 3.05) is 19.0 Å². The van der Waals surface area contributed by atoms with E-state index in [-0.39, 0.29) is 0 Å². The Morgan fingerprint density at radius 3 is 1.69 bits per heavy atom. The fourth-order valence-electron chi connectivity index (χ4n) is 1.52. The highest BCUT2D eigenvalue weighted by atomic mass is 35.6.